The summed E-state index contributed by atoms with van der Waals surface area (Å²) in [4.78, 5) is 11.6. The maximum Gasteiger partial charge on any atom is 0.224 e. The Morgan fingerprint density at radius 3 is 3.00 bits per heavy atom. The predicted octanol–water partition coefficient (Wildman–Crippen LogP) is 1.90. The van der Waals surface area contributed by atoms with Crippen LogP contribution in [0.5, 0.6) is 0 Å². The van der Waals surface area contributed by atoms with Gasteiger partial charge in [-0.25, -0.2) is 8.78 Å². The van der Waals surface area contributed by atoms with Gasteiger partial charge < -0.3 is 10.6 Å². The van der Waals surface area contributed by atoms with E-state index in [2.05, 4.69) is 10.6 Å². The molecule has 0 spiro atoms. The Labute approximate surface area is 98.2 Å². The third-order valence-corrected chi connectivity index (χ3v) is 2.86. The first kappa shape index (κ1) is 12.0. The van der Waals surface area contributed by atoms with Crippen LogP contribution in [-0.2, 0) is 4.79 Å². The summed E-state index contributed by atoms with van der Waals surface area (Å²) in [6.07, 6.45) is 1.28. The molecule has 1 aromatic rings. The maximum absolute atomic E-state index is 13.3. The molecule has 1 heterocycles. The molecule has 1 saturated heterocycles. The fourth-order valence-corrected chi connectivity index (χ4v) is 1.95. The Morgan fingerprint density at radius 1 is 1.47 bits per heavy atom. The second-order valence-corrected chi connectivity index (χ2v) is 4.21. The molecule has 1 aromatic carbocycles. The lowest BCUT2D eigenvalue weighted by atomic mass is 10.0. The predicted molar refractivity (Wildman–Crippen MR) is 60.6 cm³/mol. The molecule has 0 radical (unpaired) electrons. The molecule has 1 aliphatic heterocycles. The molecule has 5 heteroatoms. The average molecular weight is 240 g/mol. The van der Waals surface area contributed by atoms with Gasteiger partial charge in [-0.15, -0.1) is 0 Å². The van der Waals surface area contributed by atoms with E-state index in [1.54, 1.807) is 0 Å². The molecule has 1 unspecified atom stereocenters. The molecule has 2 N–H and O–H groups in total. The topological polar surface area (TPSA) is 41.1 Å². The molecule has 0 aliphatic carbocycles. The van der Waals surface area contributed by atoms with Crippen LogP contribution in [0.3, 0.4) is 0 Å². The molecule has 17 heavy (non-hydrogen) atoms. The van der Waals surface area contributed by atoms with E-state index >= 15 is 0 Å². The van der Waals surface area contributed by atoms with E-state index in [0.29, 0.717) is 6.42 Å². The van der Waals surface area contributed by atoms with Crippen LogP contribution in [0.2, 0.25) is 0 Å². The average Bonchev–Trinajstić information content (AvgIpc) is 2.77. The number of carbonyl (C=O) groups excluding carboxylic acids is 1. The zero-order valence-electron chi connectivity index (χ0n) is 9.30. The fourth-order valence-electron chi connectivity index (χ4n) is 1.95. The lowest BCUT2D eigenvalue weighted by Crippen LogP contribution is -2.19. The minimum Gasteiger partial charge on any atom is -0.323 e. The number of amides is 1. The second kappa shape index (κ2) is 5.23. The number of benzene rings is 1. The molecule has 1 fully saturated rings. The zero-order chi connectivity index (χ0) is 12.3. The SMILES string of the molecule is O=C(CC1CCNC1)Nc1cccc(F)c1F. The number of halogens is 2. The van der Waals surface area contributed by atoms with Crippen molar-refractivity contribution in [3.63, 3.8) is 0 Å². The van der Waals surface area contributed by atoms with Crippen LogP contribution in [0.1, 0.15) is 12.8 Å². The minimum absolute atomic E-state index is 0.0963. The molecular formula is C12H14F2N2O. The van der Waals surface area contributed by atoms with Crippen molar-refractivity contribution in [2.45, 2.75) is 12.8 Å². The van der Waals surface area contributed by atoms with Crippen molar-refractivity contribution in [1.29, 1.82) is 0 Å². The van der Waals surface area contributed by atoms with Crippen LogP contribution in [0.15, 0.2) is 18.2 Å². The van der Waals surface area contributed by atoms with Crippen LogP contribution in [0, 0.1) is 17.6 Å². The lowest BCUT2D eigenvalue weighted by molar-refractivity contribution is -0.117. The quantitative estimate of drug-likeness (QED) is 0.847. The summed E-state index contributed by atoms with van der Waals surface area (Å²) in [5.74, 6) is -1.95. The van der Waals surface area contributed by atoms with Gasteiger partial charge in [0, 0.05) is 6.42 Å². The monoisotopic (exact) mass is 240 g/mol. The van der Waals surface area contributed by atoms with E-state index in [4.69, 9.17) is 0 Å². The molecular weight excluding hydrogens is 226 g/mol. The highest BCUT2D eigenvalue weighted by molar-refractivity contribution is 5.91. The van der Waals surface area contributed by atoms with E-state index in [1.807, 2.05) is 0 Å². The van der Waals surface area contributed by atoms with Gasteiger partial charge in [0.2, 0.25) is 5.91 Å². The van der Waals surface area contributed by atoms with Crippen molar-refractivity contribution < 1.29 is 13.6 Å². The molecule has 1 amide bonds. The van der Waals surface area contributed by atoms with E-state index in [1.165, 1.54) is 12.1 Å². The van der Waals surface area contributed by atoms with Gasteiger partial charge in [0.05, 0.1) is 5.69 Å². The van der Waals surface area contributed by atoms with E-state index in [9.17, 15) is 13.6 Å². The minimum atomic E-state index is -1.01. The van der Waals surface area contributed by atoms with Gasteiger partial charge in [-0.1, -0.05) is 6.07 Å². The Morgan fingerprint density at radius 2 is 2.29 bits per heavy atom. The summed E-state index contributed by atoms with van der Waals surface area (Å²) >= 11 is 0. The van der Waals surface area contributed by atoms with Gasteiger partial charge in [0.1, 0.15) is 0 Å². The standard InChI is InChI=1S/C12H14F2N2O/c13-9-2-1-3-10(12(9)14)16-11(17)6-8-4-5-15-7-8/h1-3,8,15H,4-7H2,(H,16,17). The van der Waals surface area contributed by atoms with Crippen LogP contribution < -0.4 is 10.6 Å². The number of rotatable bonds is 3. The van der Waals surface area contributed by atoms with Crippen molar-refractivity contribution in [3.8, 4) is 0 Å². The van der Waals surface area contributed by atoms with Gasteiger partial charge in [-0.2, -0.15) is 0 Å². The molecule has 1 aliphatic rings. The van der Waals surface area contributed by atoms with Crippen molar-refractivity contribution >= 4 is 11.6 Å². The number of carbonyl (C=O) groups is 1. The van der Waals surface area contributed by atoms with Crippen LogP contribution in [-0.4, -0.2) is 19.0 Å². The summed E-state index contributed by atoms with van der Waals surface area (Å²) in [6, 6.07) is 3.74. The Balaban J connectivity index is 1.95. The molecule has 0 bridgehead atoms. The van der Waals surface area contributed by atoms with Crippen LogP contribution >= 0.6 is 0 Å². The van der Waals surface area contributed by atoms with Crippen molar-refractivity contribution in [1.82, 2.24) is 5.32 Å². The van der Waals surface area contributed by atoms with Crippen molar-refractivity contribution in [3.05, 3.63) is 29.8 Å². The third kappa shape index (κ3) is 3.00. The summed E-state index contributed by atoms with van der Waals surface area (Å²) in [5.41, 5.74) is -0.0963. The van der Waals surface area contributed by atoms with E-state index in [-0.39, 0.29) is 17.5 Å². The number of anilines is 1. The molecule has 0 saturated carbocycles. The smallest absolute Gasteiger partial charge is 0.224 e. The van der Waals surface area contributed by atoms with Crippen molar-refractivity contribution in [2.24, 2.45) is 5.92 Å². The largest absolute Gasteiger partial charge is 0.323 e. The maximum atomic E-state index is 13.3. The number of hydrogen-bond donors (Lipinski definition) is 2. The summed E-state index contributed by atoms with van der Waals surface area (Å²) in [5, 5.41) is 5.54. The summed E-state index contributed by atoms with van der Waals surface area (Å²) in [6.45, 7) is 1.71. The van der Waals surface area contributed by atoms with Crippen molar-refractivity contribution in [2.75, 3.05) is 18.4 Å². The van der Waals surface area contributed by atoms with E-state index < -0.39 is 11.6 Å². The van der Waals surface area contributed by atoms with Gasteiger partial charge >= 0.3 is 0 Å². The number of nitrogens with one attached hydrogen (secondary N) is 2. The third-order valence-electron chi connectivity index (χ3n) is 2.86. The lowest BCUT2D eigenvalue weighted by Gasteiger charge is -2.09. The Hall–Kier alpha value is -1.49. The summed E-state index contributed by atoms with van der Waals surface area (Å²) in [7, 11) is 0. The Kier molecular flexibility index (Phi) is 3.68. The number of hydrogen-bond acceptors (Lipinski definition) is 2. The zero-order valence-corrected chi connectivity index (χ0v) is 9.30. The second-order valence-electron chi connectivity index (χ2n) is 4.21. The molecule has 2 rings (SSSR count). The van der Waals surface area contributed by atoms with Gasteiger partial charge in [-0.3, -0.25) is 4.79 Å². The first-order valence-electron chi connectivity index (χ1n) is 5.61. The molecule has 0 aromatic heterocycles. The molecule has 3 nitrogen and oxygen atoms in total. The highest BCUT2D eigenvalue weighted by Crippen LogP contribution is 2.18. The highest BCUT2D eigenvalue weighted by atomic mass is 19.2. The first-order chi connectivity index (χ1) is 8.16. The normalized spacial score (nSPS) is 19.3. The molecule has 92 valence electrons. The van der Waals surface area contributed by atoms with Gasteiger partial charge in [0.25, 0.3) is 0 Å². The molecule has 1 atom stereocenters. The fraction of sp³-hybridized carbons (Fsp3) is 0.417. The summed E-state index contributed by atoms with van der Waals surface area (Å²) < 4.78 is 26.2. The highest BCUT2D eigenvalue weighted by Gasteiger charge is 2.19. The first-order valence-corrected chi connectivity index (χ1v) is 5.61. The van der Waals surface area contributed by atoms with Crippen LogP contribution in [0.25, 0.3) is 0 Å². The van der Waals surface area contributed by atoms with E-state index in [0.717, 1.165) is 25.6 Å². The Bertz CT molecular complexity index is 417. The van der Waals surface area contributed by atoms with Gasteiger partial charge in [0.15, 0.2) is 11.6 Å². The van der Waals surface area contributed by atoms with Gasteiger partial charge in [-0.05, 0) is 37.6 Å². The van der Waals surface area contributed by atoms with Crippen LogP contribution in [0.4, 0.5) is 14.5 Å².